The summed E-state index contributed by atoms with van der Waals surface area (Å²) in [5.41, 5.74) is 1.71. The van der Waals surface area contributed by atoms with E-state index in [-0.39, 0.29) is 33.3 Å². The molecule has 6 aromatic carbocycles. The molecule has 0 aliphatic carbocycles. The van der Waals surface area contributed by atoms with Crippen LogP contribution in [-0.4, -0.2) is 9.13 Å². The van der Waals surface area contributed by atoms with Gasteiger partial charge in [-0.15, -0.1) is 0 Å². The lowest BCUT2D eigenvalue weighted by Gasteiger charge is -2.25. The van der Waals surface area contributed by atoms with Gasteiger partial charge in [-0.05, 0) is 75.4 Å². The lowest BCUT2D eigenvalue weighted by molar-refractivity contribution is -0.138. The van der Waals surface area contributed by atoms with Crippen molar-refractivity contribution in [1.82, 2.24) is 9.13 Å². The van der Waals surface area contributed by atoms with Gasteiger partial charge in [0.1, 0.15) is 5.56 Å². The standard InChI is InChI=1S/C46H38F6N2.C5H12/c1-43(2,3)28-18-20-34-32-14-7-9-16-36(32)53(39(34)25-28)38-23-22-31(27-12-11-13-30(24-27)45(47,48)49)42(41(38)46(50,51)52)54-37-17-10-8-15-33(37)35-21-19-29(26-40(35)54)44(4,5)6;1-5(2,3)4/h7-26H,1-6H3;1-4H3. The normalized spacial score (nSPS) is 13.1. The molecule has 59 heavy (non-hydrogen) atoms. The fourth-order valence-corrected chi connectivity index (χ4v) is 7.75. The summed E-state index contributed by atoms with van der Waals surface area (Å²) in [4.78, 5) is 0. The highest BCUT2D eigenvalue weighted by Gasteiger charge is 2.41. The van der Waals surface area contributed by atoms with Gasteiger partial charge in [-0.2, -0.15) is 26.3 Å². The van der Waals surface area contributed by atoms with E-state index in [2.05, 4.69) is 48.5 Å². The smallest absolute Gasteiger partial charge is 0.309 e. The number of hydrogen-bond donors (Lipinski definition) is 0. The Labute approximate surface area is 342 Å². The third kappa shape index (κ3) is 7.98. The van der Waals surface area contributed by atoms with Gasteiger partial charge < -0.3 is 9.13 Å². The van der Waals surface area contributed by atoms with Gasteiger partial charge in [0.25, 0.3) is 0 Å². The number of alkyl halides is 6. The van der Waals surface area contributed by atoms with Crippen molar-refractivity contribution in [1.29, 1.82) is 0 Å². The van der Waals surface area contributed by atoms with E-state index in [4.69, 9.17) is 0 Å². The first kappa shape index (κ1) is 41.7. The fraction of sp³-hybridized carbons (Fsp3) is 0.294. The molecule has 0 saturated carbocycles. The fourth-order valence-electron chi connectivity index (χ4n) is 7.75. The third-order valence-corrected chi connectivity index (χ3v) is 10.5. The van der Waals surface area contributed by atoms with Crippen molar-refractivity contribution in [2.75, 3.05) is 0 Å². The van der Waals surface area contributed by atoms with Gasteiger partial charge in [0.15, 0.2) is 0 Å². The summed E-state index contributed by atoms with van der Waals surface area (Å²) >= 11 is 0. The second-order valence-electron chi connectivity index (χ2n) is 19.1. The molecule has 0 aliphatic rings. The van der Waals surface area contributed by atoms with Crippen LogP contribution >= 0.6 is 0 Å². The lowest BCUT2D eigenvalue weighted by Crippen LogP contribution is -2.17. The van der Waals surface area contributed by atoms with Gasteiger partial charge in [0.2, 0.25) is 0 Å². The van der Waals surface area contributed by atoms with Gasteiger partial charge in [0, 0.05) is 27.1 Å². The second kappa shape index (κ2) is 14.4. The van der Waals surface area contributed by atoms with E-state index in [0.717, 1.165) is 44.8 Å². The van der Waals surface area contributed by atoms with Crippen LogP contribution in [0, 0.1) is 5.41 Å². The Hall–Kier alpha value is -5.50. The van der Waals surface area contributed by atoms with Crippen molar-refractivity contribution in [3.8, 4) is 22.5 Å². The minimum absolute atomic E-state index is 0.0204. The molecule has 0 spiro atoms. The van der Waals surface area contributed by atoms with E-state index in [1.54, 1.807) is 27.3 Å². The maximum Gasteiger partial charge on any atom is 0.420 e. The summed E-state index contributed by atoms with van der Waals surface area (Å²) in [6, 6.07) is 33.9. The Bertz CT molecular complexity index is 2860. The van der Waals surface area contributed by atoms with Crippen molar-refractivity contribution in [2.45, 2.75) is 92.4 Å². The van der Waals surface area contributed by atoms with Crippen LogP contribution < -0.4 is 0 Å². The Morgan fingerprint density at radius 1 is 0.390 bits per heavy atom. The minimum Gasteiger partial charge on any atom is -0.309 e. The quantitative estimate of drug-likeness (QED) is 0.157. The number of para-hydroxylation sites is 2. The summed E-state index contributed by atoms with van der Waals surface area (Å²) in [6.45, 7) is 21.0. The predicted molar refractivity (Wildman–Crippen MR) is 233 cm³/mol. The van der Waals surface area contributed by atoms with Crippen LogP contribution in [0.25, 0.3) is 66.1 Å². The van der Waals surface area contributed by atoms with Gasteiger partial charge in [-0.1, -0.05) is 148 Å². The molecule has 0 aliphatic heterocycles. The monoisotopic (exact) mass is 804 g/mol. The Balaban J connectivity index is 0.000000997. The molecule has 8 heteroatoms. The first-order valence-corrected chi connectivity index (χ1v) is 19.8. The molecule has 0 bridgehead atoms. The molecular formula is C51H50F6N2. The lowest BCUT2D eigenvalue weighted by atomic mass is 9.86. The highest BCUT2D eigenvalue weighted by Crippen LogP contribution is 2.48. The van der Waals surface area contributed by atoms with Crippen LogP contribution in [0.1, 0.15) is 91.5 Å². The SMILES string of the molecule is CC(C)(C)C.CC(C)(C)c1ccc2c3ccccc3n(-c3ccc(-c4cccc(C(F)(F)F)c4)c(-n4c5ccccc5c5ccc(C(C)(C)C)cc54)c3C(F)(F)F)c2c1. The summed E-state index contributed by atoms with van der Waals surface area (Å²) < 4.78 is 95.0. The number of aromatic nitrogens is 2. The van der Waals surface area contributed by atoms with Crippen LogP contribution in [-0.2, 0) is 23.2 Å². The second-order valence-corrected chi connectivity index (χ2v) is 19.1. The molecule has 2 nitrogen and oxygen atoms in total. The molecule has 2 heterocycles. The van der Waals surface area contributed by atoms with Crippen LogP contribution in [0.4, 0.5) is 26.3 Å². The Morgan fingerprint density at radius 3 is 1.32 bits per heavy atom. The largest absolute Gasteiger partial charge is 0.420 e. The third-order valence-electron chi connectivity index (χ3n) is 10.5. The van der Waals surface area contributed by atoms with E-state index in [0.29, 0.717) is 27.5 Å². The summed E-state index contributed by atoms with van der Waals surface area (Å²) in [7, 11) is 0. The van der Waals surface area contributed by atoms with Crippen molar-refractivity contribution in [2.24, 2.45) is 5.41 Å². The highest BCUT2D eigenvalue weighted by molar-refractivity contribution is 6.11. The topological polar surface area (TPSA) is 9.86 Å². The van der Waals surface area contributed by atoms with Gasteiger partial charge in [0.05, 0.1) is 39.0 Å². The van der Waals surface area contributed by atoms with E-state index in [1.165, 1.54) is 24.3 Å². The zero-order valence-electron chi connectivity index (χ0n) is 35.2. The van der Waals surface area contributed by atoms with Gasteiger partial charge in [-0.3, -0.25) is 0 Å². The average Bonchev–Trinajstić information content (AvgIpc) is 3.64. The number of hydrogen-bond acceptors (Lipinski definition) is 0. The maximum absolute atomic E-state index is 16.4. The molecule has 0 atom stereocenters. The summed E-state index contributed by atoms with van der Waals surface area (Å²) in [5, 5.41) is 3.05. The summed E-state index contributed by atoms with van der Waals surface area (Å²) in [6.07, 6.45) is -9.66. The number of rotatable bonds is 3. The molecule has 0 radical (unpaired) electrons. The van der Waals surface area contributed by atoms with Crippen molar-refractivity contribution in [3.05, 3.63) is 144 Å². The first-order valence-electron chi connectivity index (χ1n) is 19.8. The van der Waals surface area contributed by atoms with E-state index in [1.807, 2.05) is 87.5 Å². The molecule has 0 amide bonds. The molecule has 2 aromatic heterocycles. The van der Waals surface area contributed by atoms with Crippen molar-refractivity contribution < 1.29 is 26.3 Å². The minimum atomic E-state index is -4.96. The zero-order chi connectivity index (χ0) is 43.0. The zero-order valence-corrected chi connectivity index (χ0v) is 35.2. The molecule has 0 unspecified atom stereocenters. The molecule has 8 aromatic rings. The number of halogens is 6. The van der Waals surface area contributed by atoms with Crippen LogP contribution in [0.15, 0.2) is 121 Å². The highest BCUT2D eigenvalue weighted by atomic mass is 19.4. The van der Waals surface area contributed by atoms with Gasteiger partial charge in [-0.25, -0.2) is 0 Å². The number of benzene rings is 6. The van der Waals surface area contributed by atoms with E-state index in [9.17, 15) is 13.2 Å². The van der Waals surface area contributed by atoms with Crippen LogP contribution in [0.5, 0.6) is 0 Å². The predicted octanol–water partition coefficient (Wildman–Crippen LogP) is 16.2. The maximum atomic E-state index is 16.4. The molecule has 0 fully saturated rings. The number of nitrogens with zero attached hydrogens (tertiary/aromatic N) is 2. The van der Waals surface area contributed by atoms with Crippen molar-refractivity contribution >= 4 is 43.6 Å². The molecular weight excluding hydrogens is 755 g/mol. The van der Waals surface area contributed by atoms with Gasteiger partial charge >= 0.3 is 12.4 Å². The summed E-state index contributed by atoms with van der Waals surface area (Å²) in [5.74, 6) is 0. The van der Waals surface area contributed by atoms with E-state index < -0.39 is 23.5 Å². The van der Waals surface area contributed by atoms with Crippen LogP contribution in [0.2, 0.25) is 0 Å². The average molecular weight is 805 g/mol. The van der Waals surface area contributed by atoms with E-state index >= 15 is 13.2 Å². The van der Waals surface area contributed by atoms with Crippen molar-refractivity contribution in [3.63, 3.8) is 0 Å². The molecule has 306 valence electrons. The first-order chi connectivity index (χ1) is 27.3. The molecule has 8 rings (SSSR count). The molecule has 0 saturated heterocycles. The molecule has 0 N–H and O–H groups in total. The Kier molecular flexibility index (Phi) is 10.1. The Morgan fingerprint density at radius 2 is 0.847 bits per heavy atom. The van der Waals surface area contributed by atoms with Crippen LogP contribution in [0.3, 0.4) is 0 Å². The number of fused-ring (bicyclic) bond motifs is 6.